The van der Waals surface area contributed by atoms with Crippen LogP contribution in [0.4, 0.5) is 0 Å². The topological polar surface area (TPSA) is 93.7 Å². The molecule has 0 aromatic heterocycles. The third kappa shape index (κ3) is 4.54. The SMILES string of the molecule is O=C(CNS(=O)(=O)c1ccc2c(c1)OCCCO2)N[C@H]1CCCc2ccccc21. The van der Waals surface area contributed by atoms with Crippen molar-refractivity contribution in [2.24, 2.45) is 0 Å². The van der Waals surface area contributed by atoms with Crippen molar-refractivity contribution in [3.63, 3.8) is 0 Å². The van der Waals surface area contributed by atoms with E-state index >= 15 is 0 Å². The van der Waals surface area contributed by atoms with Crippen LogP contribution in [0.5, 0.6) is 11.5 Å². The van der Waals surface area contributed by atoms with Crippen molar-refractivity contribution in [1.29, 1.82) is 0 Å². The Kier molecular flexibility index (Phi) is 5.73. The molecule has 0 bridgehead atoms. The average Bonchev–Trinajstić information content (AvgIpc) is 2.97. The van der Waals surface area contributed by atoms with Crippen LogP contribution in [0.2, 0.25) is 0 Å². The van der Waals surface area contributed by atoms with E-state index in [1.165, 1.54) is 17.7 Å². The molecule has 154 valence electrons. The molecule has 2 aromatic rings. The van der Waals surface area contributed by atoms with Crippen LogP contribution in [0.1, 0.15) is 36.4 Å². The molecule has 0 spiro atoms. The molecule has 29 heavy (non-hydrogen) atoms. The van der Waals surface area contributed by atoms with Crippen LogP contribution in [0.25, 0.3) is 0 Å². The van der Waals surface area contributed by atoms with Crippen LogP contribution in [0.3, 0.4) is 0 Å². The number of aryl methyl sites for hydroxylation is 1. The highest BCUT2D eigenvalue weighted by Gasteiger charge is 2.23. The fourth-order valence-electron chi connectivity index (χ4n) is 3.70. The van der Waals surface area contributed by atoms with Crippen molar-refractivity contribution in [3.8, 4) is 11.5 Å². The minimum absolute atomic E-state index is 0.0394. The summed E-state index contributed by atoms with van der Waals surface area (Å²) in [7, 11) is -3.85. The number of carbonyl (C=O) groups is 1. The third-order valence-corrected chi connectivity index (χ3v) is 6.56. The highest BCUT2D eigenvalue weighted by Crippen LogP contribution is 2.32. The van der Waals surface area contributed by atoms with Gasteiger partial charge in [-0.05, 0) is 42.5 Å². The maximum atomic E-state index is 12.6. The smallest absolute Gasteiger partial charge is 0.241 e. The van der Waals surface area contributed by atoms with E-state index in [0.29, 0.717) is 24.7 Å². The highest BCUT2D eigenvalue weighted by atomic mass is 32.2. The molecule has 0 fully saturated rings. The molecule has 0 unspecified atom stereocenters. The lowest BCUT2D eigenvalue weighted by Gasteiger charge is -2.26. The van der Waals surface area contributed by atoms with Gasteiger partial charge >= 0.3 is 0 Å². The summed E-state index contributed by atoms with van der Waals surface area (Å²) in [5.74, 6) is 0.563. The minimum atomic E-state index is -3.85. The van der Waals surface area contributed by atoms with Crippen LogP contribution < -0.4 is 19.5 Å². The Bertz CT molecular complexity index is 1010. The number of hydrogen-bond donors (Lipinski definition) is 2. The molecule has 2 aromatic carbocycles. The zero-order valence-corrected chi connectivity index (χ0v) is 16.8. The molecule has 1 atom stereocenters. The van der Waals surface area contributed by atoms with E-state index in [1.807, 2.05) is 18.2 Å². The largest absolute Gasteiger partial charge is 0.490 e. The van der Waals surface area contributed by atoms with Crippen LogP contribution in [0.15, 0.2) is 47.4 Å². The number of carbonyl (C=O) groups excluding carboxylic acids is 1. The van der Waals surface area contributed by atoms with Crippen molar-refractivity contribution in [2.75, 3.05) is 19.8 Å². The van der Waals surface area contributed by atoms with Gasteiger partial charge in [0.1, 0.15) is 0 Å². The van der Waals surface area contributed by atoms with Crippen molar-refractivity contribution in [2.45, 2.75) is 36.6 Å². The Labute approximate surface area is 170 Å². The summed E-state index contributed by atoms with van der Waals surface area (Å²) in [4.78, 5) is 12.4. The van der Waals surface area contributed by atoms with E-state index in [0.717, 1.165) is 31.2 Å². The first-order valence-corrected chi connectivity index (χ1v) is 11.3. The molecular formula is C21H24N2O5S. The summed E-state index contributed by atoms with van der Waals surface area (Å²) in [6, 6.07) is 12.4. The first kappa shape index (κ1) is 19.7. The Morgan fingerprint density at radius 1 is 1.03 bits per heavy atom. The van der Waals surface area contributed by atoms with Crippen LogP contribution in [-0.4, -0.2) is 34.1 Å². The van der Waals surface area contributed by atoms with Crippen LogP contribution >= 0.6 is 0 Å². The molecule has 1 aliphatic heterocycles. The van der Waals surface area contributed by atoms with Gasteiger partial charge in [0.15, 0.2) is 11.5 Å². The molecule has 1 aliphatic carbocycles. The monoisotopic (exact) mass is 416 g/mol. The maximum Gasteiger partial charge on any atom is 0.241 e. The molecule has 0 radical (unpaired) electrons. The third-order valence-electron chi connectivity index (χ3n) is 5.16. The van der Waals surface area contributed by atoms with Crippen LogP contribution in [0, 0.1) is 0 Å². The van der Waals surface area contributed by atoms with Crippen molar-refractivity contribution in [3.05, 3.63) is 53.6 Å². The molecule has 1 amide bonds. The lowest BCUT2D eigenvalue weighted by molar-refractivity contribution is -0.120. The number of rotatable bonds is 5. The fraction of sp³-hybridized carbons (Fsp3) is 0.381. The van der Waals surface area contributed by atoms with Gasteiger partial charge in [0, 0.05) is 12.5 Å². The predicted molar refractivity (Wildman–Crippen MR) is 108 cm³/mol. The molecule has 0 saturated heterocycles. The lowest BCUT2D eigenvalue weighted by atomic mass is 9.88. The first-order valence-electron chi connectivity index (χ1n) is 9.79. The van der Waals surface area contributed by atoms with E-state index in [9.17, 15) is 13.2 Å². The molecule has 2 aliphatic rings. The Balaban J connectivity index is 1.40. The van der Waals surface area contributed by atoms with Gasteiger partial charge in [0.05, 0.1) is 30.7 Å². The minimum Gasteiger partial charge on any atom is -0.490 e. The highest BCUT2D eigenvalue weighted by molar-refractivity contribution is 7.89. The van der Waals surface area contributed by atoms with Gasteiger partial charge in [0.25, 0.3) is 0 Å². The summed E-state index contributed by atoms with van der Waals surface area (Å²) < 4.78 is 38.7. The number of sulfonamides is 1. The Morgan fingerprint density at radius 2 is 1.83 bits per heavy atom. The molecule has 4 rings (SSSR count). The van der Waals surface area contributed by atoms with E-state index in [1.54, 1.807) is 6.07 Å². The maximum absolute atomic E-state index is 12.6. The molecular weight excluding hydrogens is 392 g/mol. The van der Waals surface area contributed by atoms with Gasteiger partial charge in [-0.1, -0.05) is 24.3 Å². The second-order valence-corrected chi connectivity index (χ2v) is 8.96. The summed E-state index contributed by atoms with van der Waals surface area (Å²) in [6.45, 7) is 0.673. The number of amides is 1. The average molecular weight is 416 g/mol. The predicted octanol–water partition coefficient (Wildman–Crippen LogP) is 2.32. The number of fused-ring (bicyclic) bond motifs is 2. The van der Waals surface area contributed by atoms with Gasteiger partial charge in [-0.15, -0.1) is 0 Å². The van der Waals surface area contributed by atoms with Crippen molar-refractivity contribution in [1.82, 2.24) is 10.0 Å². The molecule has 0 saturated carbocycles. The van der Waals surface area contributed by atoms with Gasteiger partial charge in [-0.25, -0.2) is 13.1 Å². The Morgan fingerprint density at radius 3 is 2.69 bits per heavy atom. The Hall–Kier alpha value is -2.58. The van der Waals surface area contributed by atoms with Crippen molar-refractivity contribution < 1.29 is 22.7 Å². The normalized spacial score (nSPS) is 18.4. The summed E-state index contributed by atoms with van der Waals surface area (Å²) >= 11 is 0. The molecule has 2 N–H and O–H groups in total. The zero-order chi connectivity index (χ0) is 20.3. The summed E-state index contributed by atoms with van der Waals surface area (Å²) in [5.41, 5.74) is 2.34. The summed E-state index contributed by atoms with van der Waals surface area (Å²) in [5, 5.41) is 2.95. The number of benzene rings is 2. The van der Waals surface area contributed by atoms with Crippen molar-refractivity contribution >= 4 is 15.9 Å². The second kappa shape index (κ2) is 8.42. The quantitative estimate of drug-likeness (QED) is 0.780. The number of ether oxygens (including phenoxy) is 2. The summed E-state index contributed by atoms with van der Waals surface area (Å²) in [6.07, 6.45) is 3.57. The van der Waals surface area contributed by atoms with Gasteiger partial charge in [0.2, 0.25) is 15.9 Å². The second-order valence-electron chi connectivity index (χ2n) is 7.19. The molecule has 8 heteroatoms. The van der Waals surface area contributed by atoms with Crippen LogP contribution in [-0.2, 0) is 21.2 Å². The zero-order valence-electron chi connectivity index (χ0n) is 16.0. The number of hydrogen-bond acceptors (Lipinski definition) is 5. The van der Waals surface area contributed by atoms with E-state index in [4.69, 9.17) is 9.47 Å². The number of nitrogens with one attached hydrogen (secondary N) is 2. The van der Waals surface area contributed by atoms with E-state index < -0.39 is 10.0 Å². The molecule has 1 heterocycles. The van der Waals surface area contributed by atoms with E-state index in [-0.39, 0.29) is 23.4 Å². The van der Waals surface area contributed by atoms with Gasteiger partial charge in [-0.2, -0.15) is 0 Å². The van der Waals surface area contributed by atoms with Gasteiger partial charge in [-0.3, -0.25) is 4.79 Å². The lowest BCUT2D eigenvalue weighted by Crippen LogP contribution is -2.39. The first-order chi connectivity index (χ1) is 14.0. The standard InChI is InChI=1S/C21H24N2O5S/c24-21(23-18-8-3-6-15-5-1-2-7-17(15)18)14-22-29(25,26)16-9-10-19-20(13-16)28-12-4-11-27-19/h1-2,5,7,9-10,13,18,22H,3-4,6,8,11-12,14H2,(H,23,24)/t18-/m0/s1. The fourth-order valence-corrected chi connectivity index (χ4v) is 4.70. The van der Waals surface area contributed by atoms with Gasteiger partial charge < -0.3 is 14.8 Å². The van der Waals surface area contributed by atoms with E-state index in [2.05, 4.69) is 16.1 Å². The molecule has 7 nitrogen and oxygen atoms in total.